The molecule has 10 heteroatoms. The standard InChI is InChI=1S/C31H35N5O4S/c1-20-16-36(17-22-8-7-13-32-15-22)21(2)19-40-26-12-11-23(14-24(26)31(38)35(3)18-27(20)39-4)33-29(37)30-34-25-9-5-6-10-28(25)41-30/h5-15,20-21,27H,16-19H2,1-4H3,(H,33,37)/t20-,21-,27-/m0/s1. The number of pyridine rings is 1. The van der Waals surface area contributed by atoms with E-state index in [1.54, 1.807) is 43.5 Å². The Kier molecular flexibility index (Phi) is 8.92. The minimum Gasteiger partial charge on any atom is -0.491 e. The Balaban J connectivity index is 1.41. The highest BCUT2D eigenvalue weighted by Crippen LogP contribution is 2.28. The number of fused-ring (bicyclic) bond motifs is 2. The highest BCUT2D eigenvalue weighted by atomic mass is 32.1. The maximum Gasteiger partial charge on any atom is 0.284 e. The van der Waals surface area contributed by atoms with Crippen molar-refractivity contribution in [2.45, 2.75) is 32.5 Å². The summed E-state index contributed by atoms with van der Waals surface area (Å²) in [6.07, 6.45) is 3.49. The van der Waals surface area contributed by atoms with Gasteiger partial charge in [-0.15, -0.1) is 11.3 Å². The number of hydrogen-bond acceptors (Lipinski definition) is 8. The van der Waals surface area contributed by atoms with Crippen molar-refractivity contribution in [2.24, 2.45) is 5.92 Å². The molecule has 9 nitrogen and oxygen atoms in total. The second-order valence-corrected chi connectivity index (χ2v) is 11.6. The van der Waals surface area contributed by atoms with Crippen LogP contribution in [0.2, 0.25) is 0 Å². The van der Waals surface area contributed by atoms with Crippen LogP contribution in [0.15, 0.2) is 67.0 Å². The van der Waals surface area contributed by atoms with Crippen LogP contribution in [-0.2, 0) is 11.3 Å². The number of carbonyl (C=O) groups is 2. The Hall–Kier alpha value is -3.86. The van der Waals surface area contributed by atoms with Gasteiger partial charge in [0.25, 0.3) is 11.8 Å². The molecule has 5 rings (SSSR count). The first-order chi connectivity index (χ1) is 19.8. The predicted molar refractivity (Wildman–Crippen MR) is 161 cm³/mol. The lowest BCUT2D eigenvalue weighted by Crippen LogP contribution is -2.46. The van der Waals surface area contributed by atoms with E-state index in [1.165, 1.54) is 11.3 Å². The molecule has 0 radical (unpaired) electrons. The summed E-state index contributed by atoms with van der Waals surface area (Å²) >= 11 is 1.33. The van der Waals surface area contributed by atoms with Crippen molar-refractivity contribution in [1.82, 2.24) is 19.8 Å². The van der Waals surface area contributed by atoms with E-state index < -0.39 is 0 Å². The number of carbonyl (C=O) groups excluding carboxylic acids is 2. The molecular weight excluding hydrogens is 538 g/mol. The fourth-order valence-corrected chi connectivity index (χ4v) is 5.89. The van der Waals surface area contributed by atoms with Gasteiger partial charge in [-0.1, -0.05) is 25.1 Å². The smallest absolute Gasteiger partial charge is 0.284 e. The summed E-state index contributed by atoms with van der Waals surface area (Å²) < 4.78 is 13.1. The fourth-order valence-electron chi connectivity index (χ4n) is 5.03. The van der Waals surface area contributed by atoms with Gasteiger partial charge in [0, 0.05) is 57.9 Å². The van der Waals surface area contributed by atoms with Crippen molar-refractivity contribution in [3.8, 4) is 5.75 Å². The maximum absolute atomic E-state index is 13.7. The van der Waals surface area contributed by atoms with Gasteiger partial charge in [-0.2, -0.15) is 0 Å². The molecule has 0 unspecified atom stereocenters. The van der Waals surface area contributed by atoms with Crippen molar-refractivity contribution in [3.63, 3.8) is 0 Å². The zero-order valence-corrected chi connectivity index (χ0v) is 24.6. The molecule has 2 amide bonds. The molecule has 4 aromatic rings. The van der Waals surface area contributed by atoms with Gasteiger partial charge in [-0.05, 0) is 54.8 Å². The molecule has 2 aromatic heterocycles. The van der Waals surface area contributed by atoms with Gasteiger partial charge in [-0.3, -0.25) is 19.5 Å². The molecule has 0 saturated carbocycles. The van der Waals surface area contributed by atoms with Crippen molar-refractivity contribution in [2.75, 3.05) is 39.2 Å². The lowest BCUT2D eigenvalue weighted by atomic mass is 10.0. The summed E-state index contributed by atoms with van der Waals surface area (Å²) in [5.41, 5.74) is 2.77. The Morgan fingerprint density at radius 2 is 1.98 bits per heavy atom. The fraction of sp³-hybridized carbons (Fsp3) is 0.355. The van der Waals surface area contributed by atoms with Crippen LogP contribution in [0.3, 0.4) is 0 Å². The van der Waals surface area contributed by atoms with Crippen molar-refractivity contribution in [3.05, 3.63) is 83.1 Å². The van der Waals surface area contributed by atoms with Crippen LogP contribution < -0.4 is 10.1 Å². The lowest BCUT2D eigenvalue weighted by Gasteiger charge is -2.36. The monoisotopic (exact) mass is 573 g/mol. The summed E-state index contributed by atoms with van der Waals surface area (Å²) in [5, 5.41) is 3.26. The molecule has 0 saturated heterocycles. The molecule has 1 aliphatic rings. The molecule has 1 aliphatic heterocycles. The number of nitrogens with zero attached hydrogens (tertiary/aromatic N) is 4. The molecule has 3 atom stereocenters. The SMILES string of the molecule is CO[C@H]1CN(C)C(=O)c2cc(NC(=O)c3nc4ccccc4s3)ccc2OC[C@H](C)N(Cc2cccnc2)C[C@@H]1C. The molecule has 0 fully saturated rings. The average molecular weight is 574 g/mol. The summed E-state index contributed by atoms with van der Waals surface area (Å²) in [6.45, 7) is 6.54. The van der Waals surface area contributed by atoms with Gasteiger partial charge in [0.15, 0.2) is 5.01 Å². The van der Waals surface area contributed by atoms with E-state index >= 15 is 0 Å². The van der Waals surface area contributed by atoms with Crippen LogP contribution in [0, 0.1) is 5.92 Å². The van der Waals surface area contributed by atoms with Gasteiger partial charge < -0.3 is 19.7 Å². The van der Waals surface area contributed by atoms with E-state index in [2.05, 4.69) is 40.1 Å². The number of benzene rings is 2. The predicted octanol–water partition coefficient (Wildman–Crippen LogP) is 4.95. The van der Waals surface area contributed by atoms with Gasteiger partial charge >= 0.3 is 0 Å². The van der Waals surface area contributed by atoms with Crippen LogP contribution in [0.5, 0.6) is 5.75 Å². The van der Waals surface area contributed by atoms with Gasteiger partial charge in [0.2, 0.25) is 0 Å². The third kappa shape index (κ3) is 6.73. The number of ether oxygens (including phenoxy) is 2. The molecule has 0 aliphatic carbocycles. The number of amides is 2. The number of aromatic nitrogens is 2. The number of rotatable bonds is 5. The molecule has 214 valence electrons. The van der Waals surface area contributed by atoms with E-state index in [0.717, 1.165) is 28.9 Å². The van der Waals surface area contributed by atoms with Crippen molar-refractivity contribution < 1.29 is 19.1 Å². The van der Waals surface area contributed by atoms with Crippen molar-refractivity contribution in [1.29, 1.82) is 0 Å². The number of thiazole rings is 1. The van der Waals surface area contributed by atoms with E-state index in [0.29, 0.717) is 35.2 Å². The van der Waals surface area contributed by atoms with Crippen LogP contribution >= 0.6 is 11.3 Å². The quantitative estimate of drug-likeness (QED) is 0.361. The second kappa shape index (κ2) is 12.8. The summed E-state index contributed by atoms with van der Waals surface area (Å²) in [6, 6.07) is 16.9. The number of para-hydroxylation sites is 1. The van der Waals surface area contributed by atoms with Gasteiger partial charge in [0.1, 0.15) is 12.4 Å². The third-order valence-corrected chi connectivity index (χ3v) is 8.46. The van der Waals surface area contributed by atoms with Gasteiger partial charge in [-0.25, -0.2) is 4.98 Å². The number of nitrogens with one attached hydrogen (secondary N) is 1. The minimum atomic E-state index is -0.325. The third-order valence-electron chi connectivity index (χ3n) is 7.43. The van der Waals surface area contributed by atoms with Crippen LogP contribution in [0.1, 0.15) is 39.6 Å². The molecule has 0 spiro atoms. The van der Waals surface area contributed by atoms with E-state index in [1.807, 2.05) is 36.5 Å². The van der Waals surface area contributed by atoms with Gasteiger partial charge in [0.05, 0.1) is 21.9 Å². The Labute approximate surface area is 244 Å². The van der Waals surface area contributed by atoms with E-state index in [4.69, 9.17) is 9.47 Å². The van der Waals surface area contributed by atoms with E-state index in [9.17, 15) is 9.59 Å². The number of likely N-dealkylation sites (N-methyl/N-ethyl adjacent to an activating group) is 1. The second-order valence-electron chi connectivity index (χ2n) is 10.5. The molecule has 41 heavy (non-hydrogen) atoms. The molecule has 2 aromatic carbocycles. The zero-order chi connectivity index (χ0) is 28.9. The summed E-state index contributed by atoms with van der Waals surface area (Å²) in [7, 11) is 3.45. The first-order valence-electron chi connectivity index (χ1n) is 13.7. The summed E-state index contributed by atoms with van der Waals surface area (Å²) in [5.74, 6) is 0.0862. The first-order valence-corrected chi connectivity index (χ1v) is 14.5. The number of anilines is 1. The molecule has 1 N–H and O–H groups in total. The van der Waals surface area contributed by atoms with Crippen LogP contribution in [0.25, 0.3) is 10.2 Å². The summed E-state index contributed by atoms with van der Waals surface area (Å²) in [4.78, 5) is 39.5. The Morgan fingerprint density at radius 1 is 1.15 bits per heavy atom. The van der Waals surface area contributed by atoms with E-state index in [-0.39, 0.29) is 29.9 Å². The minimum absolute atomic E-state index is 0.0497. The van der Waals surface area contributed by atoms with Crippen LogP contribution in [-0.4, -0.2) is 77.6 Å². The van der Waals surface area contributed by atoms with Crippen LogP contribution in [0.4, 0.5) is 5.69 Å². The zero-order valence-electron chi connectivity index (χ0n) is 23.7. The Bertz CT molecular complexity index is 1480. The first kappa shape index (κ1) is 28.7. The highest BCUT2D eigenvalue weighted by Gasteiger charge is 2.29. The Morgan fingerprint density at radius 3 is 2.73 bits per heavy atom. The molecule has 0 bridgehead atoms. The topological polar surface area (TPSA) is 96.9 Å². The maximum atomic E-state index is 13.7. The average Bonchev–Trinajstić information content (AvgIpc) is 3.43. The number of hydrogen-bond donors (Lipinski definition) is 1. The number of methoxy groups -OCH3 is 1. The highest BCUT2D eigenvalue weighted by molar-refractivity contribution is 7.20. The molecular formula is C31H35N5O4S. The lowest BCUT2D eigenvalue weighted by molar-refractivity contribution is 0.00920. The van der Waals surface area contributed by atoms with Crippen molar-refractivity contribution >= 4 is 39.1 Å². The largest absolute Gasteiger partial charge is 0.491 e. The molecule has 3 heterocycles. The normalized spacial score (nSPS) is 20.5.